The van der Waals surface area contributed by atoms with Crippen molar-refractivity contribution in [3.63, 3.8) is 0 Å². The summed E-state index contributed by atoms with van der Waals surface area (Å²) in [6.07, 6.45) is -3.36. The molecule has 3 aromatic rings. The van der Waals surface area contributed by atoms with E-state index in [0.29, 0.717) is 5.52 Å². The molecule has 0 aliphatic rings. The van der Waals surface area contributed by atoms with Gasteiger partial charge < -0.3 is 15.4 Å². The maximum atomic E-state index is 12.9. The zero-order valence-corrected chi connectivity index (χ0v) is 19.1. The molecule has 3 rings (SSSR count). The van der Waals surface area contributed by atoms with Crippen LogP contribution in [-0.4, -0.2) is 53.1 Å². The molecule has 1 heterocycles. The Morgan fingerprint density at radius 1 is 1.03 bits per heavy atom. The molecule has 0 unspecified atom stereocenters. The minimum Gasteiger partial charge on any atom is -0.471 e. The molecule has 2 aromatic carbocycles. The molecule has 0 aliphatic carbocycles. The first kappa shape index (κ1) is 25.5. The number of ether oxygens (including phenoxy) is 1. The highest BCUT2D eigenvalue weighted by Crippen LogP contribution is 2.21. The average molecular weight is 487 g/mol. The van der Waals surface area contributed by atoms with Gasteiger partial charge in [-0.3, -0.25) is 14.2 Å². The van der Waals surface area contributed by atoms with Gasteiger partial charge in [-0.15, -0.1) is 0 Å². The van der Waals surface area contributed by atoms with Gasteiger partial charge in [-0.1, -0.05) is 30.3 Å². The fraction of sp³-hybridized carbons (Fsp3) is 0.250. The topological polar surface area (TPSA) is 97.6 Å². The Hall–Kier alpha value is -4.15. The number of para-hydroxylation sites is 3. The van der Waals surface area contributed by atoms with E-state index in [-0.39, 0.29) is 30.4 Å². The zero-order chi connectivity index (χ0) is 25.4. The lowest BCUT2D eigenvalue weighted by Gasteiger charge is -2.10. The van der Waals surface area contributed by atoms with Gasteiger partial charge in [0.25, 0.3) is 5.91 Å². The largest absolute Gasteiger partial charge is 0.471 e. The van der Waals surface area contributed by atoms with Gasteiger partial charge in [0.1, 0.15) is 0 Å². The number of nitrogens with one attached hydrogen (secondary N) is 2. The Bertz CT molecular complexity index is 1250. The molecule has 11 heteroatoms. The van der Waals surface area contributed by atoms with E-state index in [0.717, 1.165) is 17.4 Å². The Morgan fingerprint density at radius 2 is 1.69 bits per heavy atom. The van der Waals surface area contributed by atoms with Crippen molar-refractivity contribution in [1.29, 1.82) is 0 Å². The fourth-order valence-electron chi connectivity index (χ4n) is 3.06. The molecule has 0 saturated carbocycles. The van der Waals surface area contributed by atoms with E-state index in [2.05, 4.69) is 25.3 Å². The predicted octanol–water partition coefficient (Wildman–Crippen LogP) is 3.77. The van der Waals surface area contributed by atoms with Crippen LogP contribution in [0.4, 0.5) is 13.2 Å². The van der Waals surface area contributed by atoms with Crippen LogP contribution in [0.15, 0.2) is 71.4 Å². The quantitative estimate of drug-likeness (QED) is 0.219. The summed E-state index contributed by atoms with van der Waals surface area (Å²) >= 11 is 0. The monoisotopic (exact) mass is 487 g/mol. The molecule has 2 amide bonds. The highest BCUT2D eigenvalue weighted by molar-refractivity contribution is 5.96. The number of hydrogen-bond donors (Lipinski definition) is 2. The summed E-state index contributed by atoms with van der Waals surface area (Å²) in [5.74, 6) is -0.900. The number of nitrogens with zero attached hydrogens (tertiary/aromatic N) is 3. The average Bonchev–Trinajstić information content (AvgIpc) is 3.23. The third-order valence-electron chi connectivity index (χ3n) is 4.72. The maximum Gasteiger partial charge on any atom is 0.422 e. The molecule has 184 valence electrons. The van der Waals surface area contributed by atoms with Crippen LogP contribution in [0.3, 0.4) is 0 Å². The Morgan fingerprint density at radius 3 is 2.40 bits per heavy atom. The standard InChI is InChI=1S/C24H24F3N5O3/c1-16(14-30-17(2)35-15-24(25,26)27)22(33)28-12-13-29-23(34)21-31-19-10-6-7-11-20(19)32(21)18-8-4-3-5-9-18/h3-11,14H,12-13,15H2,1-2H3,(H,28,33)(H,29,34)/b16-14+,30-17?. The summed E-state index contributed by atoms with van der Waals surface area (Å²) < 4.78 is 42.7. The molecule has 8 nitrogen and oxygen atoms in total. The first-order valence-electron chi connectivity index (χ1n) is 10.7. The van der Waals surface area contributed by atoms with Gasteiger partial charge in [0.2, 0.25) is 11.7 Å². The second-order valence-corrected chi connectivity index (χ2v) is 7.47. The van der Waals surface area contributed by atoms with Gasteiger partial charge in [0.15, 0.2) is 12.5 Å². The number of aliphatic imine (C=N–C) groups is 1. The molecule has 0 bridgehead atoms. The second-order valence-electron chi connectivity index (χ2n) is 7.47. The van der Waals surface area contributed by atoms with Crippen molar-refractivity contribution in [1.82, 2.24) is 20.2 Å². The molecular weight excluding hydrogens is 463 g/mol. The van der Waals surface area contributed by atoms with Crippen LogP contribution in [0.1, 0.15) is 24.5 Å². The molecule has 2 N–H and O–H groups in total. The normalized spacial score (nSPS) is 12.5. The number of imidazole rings is 1. The van der Waals surface area contributed by atoms with Gasteiger partial charge >= 0.3 is 6.18 Å². The first-order chi connectivity index (χ1) is 16.7. The van der Waals surface area contributed by atoms with Crippen LogP contribution in [0, 0.1) is 0 Å². The number of carbonyl (C=O) groups is 2. The molecule has 0 fully saturated rings. The molecule has 0 saturated heterocycles. The first-order valence-corrected chi connectivity index (χ1v) is 10.7. The van der Waals surface area contributed by atoms with Crippen molar-refractivity contribution >= 4 is 28.7 Å². The number of alkyl halides is 3. The predicted molar refractivity (Wildman–Crippen MR) is 125 cm³/mol. The molecule has 1 aromatic heterocycles. The van der Waals surface area contributed by atoms with Crippen LogP contribution in [0.2, 0.25) is 0 Å². The fourth-order valence-corrected chi connectivity index (χ4v) is 3.06. The molecule has 0 aliphatic heterocycles. The molecule has 0 atom stereocenters. The van der Waals surface area contributed by atoms with E-state index in [1.807, 2.05) is 54.6 Å². The SMILES string of the molecule is CC(=N/C=C(\C)C(=O)NCCNC(=O)c1nc2ccccc2n1-c1ccccc1)OCC(F)(F)F. The van der Waals surface area contributed by atoms with E-state index >= 15 is 0 Å². The number of amides is 2. The van der Waals surface area contributed by atoms with E-state index < -0.39 is 24.6 Å². The highest BCUT2D eigenvalue weighted by Gasteiger charge is 2.28. The third-order valence-corrected chi connectivity index (χ3v) is 4.72. The summed E-state index contributed by atoms with van der Waals surface area (Å²) in [4.78, 5) is 33.2. The van der Waals surface area contributed by atoms with Gasteiger partial charge in [0, 0.05) is 37.5 Å². The number of carbonyl (C=O) groups excluding carboxylic acids is 2. The molecule has 0 spiro atoms. The number of benzene rings is 2. The van der Waals surface area contributed by atoms with Crippen molar-refractivity contribution in [2.24, 2.45) is 4.99 Å². The lowest BCUT2D eigenvalue weighted by Crippen LogP contribution is -2.35. The van der Waals surface area contributed by atoms with Crippen LogP contribution in [-0.2, 0) is 9.53 Å². The Labute approximate surface area is 199 Å². The van der Waals surface area contributed by atoms with Crippen LogP contribution in [0.5, 0.6) is 0 Å². The van der Waals surface area contributed by atoms with Gasteiger partial charge in [-0.2, -0.15) is 13.2 Å². The molecular formula is C24H24F3N5O3. The molecule has 0 radical (unpaired) electrons. The van der Waals surface area contributed by atoms with Crippen molar-refractivity contribution < 1.29 is 27.5 Å². The van der Waals surface area contributed by atoms with E-state index in [4.69, 9.17) is 0 Å². The van der Waals surface area contributed by atoms with Crippen molar-refractivity contribution in [3.8, 4) is 5.69 Å². The summed E-state index contributed by atoms with van der Waals surface area (Å²) in [7, 11) is 0. The minimum absolute atomic E-state index is 0.120. The summed E-state index contributed by atoms with van der Waals surface area (Å²) in [5, 5.41) is 5.34. The lowest BCUT2D eigenvalue weighted by atomic mass is 10.3. The number of halogens is 3. The van der Waals surface area contributed by atoms with Crippen LogP contribution < -0.4 is 10.6 Å². The van der Waals surface area contributed by atoms with Gasteiger partial charge in [0.05, 0.1) is 11.0 Å². The van der Waals surface area contributed by atoms with Crippen molar-refractivity contribution in [3.05, 3.63) is 72.2 Å². The lowest BCUT2D eigenvalue weighted by molar-refractivity contribution is -0.156. The number of hydrogen-bond acceptors (Lipinski definition) is 5. The van der Waals surface area contributed by atoms with Gasteiger partial charge in [-0.05, 0) is 31.2 Å². The zero-order valence-electron chi connectivity index (χ0n) is 19.1. The summed E-state index contributed by atoms with van der Waals surface area (Å²) in [6, 6.07) is 16.8. The highest BCUT2D eigenvalue weighted by atomic mass is 19.4. The number of aromatic nitrogens is 2. The van der Waals surface area contributed by atoms with E-state index in [1.165, 1.54) is 13.8 Å². The second kappa shape index (κ2) is 11.3. The Balaban J connectivity index is 1.57. The van der Waals surface area contributed by atoms with Crippen molar-refractivity contribution in [2.45, 2.75) is 20.0 Å². The molecule has 35 heavy (non-hydrogen) atoms. The van der Waals surface area contributed by atoms with Gasteiger partial charge in [-0.25, -0.2) is 9.98 Å². The number of fused-ring (bicyclic) bond motifs is 1. The Kier molecular flexibility index (Phi) is 8.24. The number of rotatable bonds is 8. The van der Waals surface area contributed by atoms with Crippen LogP contribution >= 0.6 is 0 Å². The summed E-state index contributed by atoms with van der Waals surface area (Å²) in [6.45, 7) is 1.50. The smallest absolute Gasteiger partial charge is 0.422 e. The third kappa shape index (κ3) is 7.16. The van der Waals surface area contributed by atoms with E-state index in [1.54, 1.807) is 4.57 Å². The van der Waals surface area contributed by atoms with Crippen LogP contribution in [0.25, 0.3) is 16.7 Å². The summed E-state index contributed by atoms with van der Waals surface area (Å²) in [5.41, 5.74) is 2.41. The van der Waals surface area contributed by atoms with E-state index in [9.17, 15) is 22.8 Å². The van der Waals surface area contributed by atoms with Crippen molar-refractivity contribution in [2.75, 3.05) is 19.7 Å². The maximum absolute atomic E-state index is 12.9. The minimum atomic E-state index is -4.47.